The van der Waals surface area contributed by atoms with Crippen molar-refractivity contribution in [3.05, 3.63) is 0 Å². The van der Waals surface area contributed by atoms with E-state index in [4.69, 9.17) is 15.2 Å². The van der Waals surface area contributed by atoms with Gasteiger partial charge in [0.25, 0.3) is 0 Å². The highest BCUT2D eigenvalue weighted by molar-refractivity contribution is 5.68. The van der Waals surface area contributed by atoms with Gasteiger partial charge in [-0.25, -0.2) is 4.79 Å². The first kappa shape index (κ1) is 16.2. The number of carbonyl (C=O) groups excluding carboxylic acids is 1. The van der Waals surface area contributed by atoms with E-state index in [2.05, 4.69) is 13.8 Å². The normalized spacial score (nSPS) is 24.7. The number of nitrogens with two attached hydrogens (primary N) is 1. The summed E-state index contributed by atoms with van der Waals surface area (Å²) in [4.78, 5) is 13.7. The van der Waals surface area contributed by atoms with Crippen LogP contribution in [-0.4, -0.2) is 48.4 Å². The molecule has 1 fully saturated rings. The number of carbonyl (C=O) groups is 1. The van der Waals surface area contributed by atoms with Crippen LogP contribution in [0.4, 0.5) is 4.79 Å². The maximum atomic E-state index is 12.0. The Balaban J connectivity index is 2.51. The average Bonchev–Trinajstić information content (AvgIpc) is 2.25. The topological polar surface area (TPSA) is 64.8 Å². The summed E-state index contributed by atoms with van der Waals surface area (Å²) in [6, 6.07) is -0.00237. The van der Waals surface area contributed by atoms with Gasteiger partial charge in [-0.2, -0.15) is 0 Å². The van der Waals surface area contributed by atoms with Gasteiger partial charge in [-0.15, -0.1) is 0 Å². The Kier molecular flexibility index (Phi) is 5.62. The zero-order valence-corrected chi connectivity index (χ0v) is 12.8. The fourth-order valence-electron chi connectivity index (χ4n) is 1.92. The lowest BCUT2D eigenvalue weighted by molar-refractivity contribution is -0.0348. The Morgan fingerprint density at radius 1 is 1.42 bits per heavy atom. The van der Waals surface area contributed by atoms with Gasteiger partial charge in [0.15, 0.2) is 0 Å². The van der Waals surface area contributed by atoms with Gasteiger partial charge in [-0.1, -0.05) is 13.8 Å². The van der Waals surface area contributed by atoms with Crippen molar-refractivity contribution in [3.63, 3.8) is 0 Å². The summed E-state index contributed by atoms with van der Waals surface area (Å²) in [5.41, 5.74) is 5.58. The number of piperidine rings is 1. The van der Waals surface area contributed by atoms with Gasteiger partial charge in [0, 0.05) is 19.2 Å². The maximum absolute atomic E-state index is 12.0. The van der Waals surface area contributed by atoms with Gasteiger partial charge in [0.1, 0.15) is 5.60 Å². The molecule has 0 bridgehead atoms. The van der Waals surface area contributed by atoms with Gasteiger partial charge in [-0.3, -0.25) is 0 Å². The van der Waals surface area contributed by atoms with Gasteiger partial charge < -0.3 is 20.1 Å². The number of nitrogens with zero attached hydrogens (tertiary/aromatic N) is 1. The first-order valence-corrected chi connectivity index (χ1v) is 7.04. The van der Waals surface area contributed by atoms with Crippen molar-refractivity contribution < 1.29 is 14.3 Å². The number of ether oxygens (including phenoxy) is 2. The highest BCUT2D eigenvalue weighted by Crippen LogP contribution is 2.17. The maximum Gasteiger partial charge on any atom is 0.410 e. The Labute approximate surface area is 116 Å². The zero-order chi connectivity index (χ0) is 14.6. The summed E-state index contributed by atoms with van der Waals surface area (Å²) in [7, 11) is 0. The second-order valence-electron chi connectivity index (χ2n) is 6.64. The molecule has 0 aromatic carbocycles. The third-order valence-electron chi connectivity index (χ3n) is 2.91. The summed E-state index contributed by atoms with van der Waals surface area (Å²) in [6.45, 7) is 11.6. The third kappa shape index (κ3) is 5.78. The standard InChI is InChI=1S/C14H28N2O3/c1-10(2)9-18-12-8-16(7-6-11(12)15)13(17)19-14(3,4)5/h10-12H,6-9,15H2,1-5H3. The molecule has 5 heteroatoms. The second-order valence-corrected chi connectivity index (χ2v) is 6.64. The van der Waals surface area contributed by atoms with Crippen LogP contribution in [0.3, 0.4) is 0 Å². The zero-order valence-electron chi connectivity index (χ0n) is 12.8. The molecule has 1 aliphatic heterocycles. The molecule has 1 saturated heterocycles. The molecule has 2 atom stereocenters. The molecule has 1 rings (SSSR count). The van der Waals surface area contributed by atoms with Crippen LogP contribution in [0.2, 0.25) is 0 Å². The molecule has 0 aromatic heterocycles. The van der Waals surface area contributed by atoms with Crippen LogP contribution in [0.15, 0.2) is 0 Å². The number of rotatable bonds is 3. The summed E-state index contributed by atoms with van der Waals surface area (Å²) in [5, 5.41) is 0. The number of hydrogen-bond donors (Lipinski definition) is 1. The van der Waals surface area contributed by atoms with E-state index in [-0.39, 0.29) is 18.2 Å². The fourth-order valence-corrected chi connectivity index (χ4v) is 1.92. The molecule has 19 heavy (non-hydrogen) atoms. The monoisotopic (exact) mass is 272 g/mol. The third-order valence-corrected chi connectivity index (χ3v) is 2.91. The van der Waals surface area contributed by atoms with Gasteiger partial charge in [0.2, 0.25) is 0 Å². The predicted molar refractivity (Wildman–Crippen MR) is 75.0 cm³/mol. The van der Waals surface area contributed by atoms with Gasteiger partial charge in [0.05, 0.1) is 12.6 Å². The van der Waals surface area contributed by atoms with Crippen molar-refractivity contribution in [3.8, 4) is 0 Å². The van der Waals surface area contributed by atoms with E-state index in [0.717, 1.165) is 6.42 Å². The van der Waals surface area contributed by atoms with Crippen LogP contribution >= 0.6 is 0 Å². The van der Waals surface area contributed by atoms with E-state index in [1.165, 1.54) is 0 Å². The molecule has 2 unspecified atom stereocenters. The van der Waals surface area contributed by atoms with Crippen molar-refractivity contribution in [2.24, 2.45) is 11.7 Å². The highest BCUT2D eigenvalue weighted by Gasteiger charge is 2.32. The van der Waals surface area contributed by atoms with Crippen LogP contribution in [0.5, 0.6) is 0 Å². The number of hydrogen-bond acceptors (Lipinski definition) is 4. The quantitative estimate of drug-likeness (QED) is 0.853. The molecule has 1 heterocycles. The summed E-state index contributed by atoms with van der Waals surface area (Å²) in [6.07, 6.45) is 0.378. The average molecular weight is 272 g/mol. The van der Waals surface area contributed by atoms with Crippen LogP contribution in [0, 0.1) is 5.92 Å². The van der Waals surface area contributed by atoms with E-state index in [0.29, 0.717) is 25.6 Å². The molecule has 1 amide bonds. The first-order valence-electron chi connectivity index (χ1n) is 7.04. The van der Waals surface area contributed by atoms with Crippen molar-refractivity contribution in [2.45, 2.75) is 58.8 Å². The summed E-state index contributed by atoms with van der Waals surface area (Å²) < 4.78 is 11.2. The number of amides is 1. The molecular formula is C14H28N2O3. The van der Waals surface area contributed by atoms with Crippen LogP contribution in [-0.2, 0) is 9.47 Å². The van der Waals surface area contributed by atoms with Crippen LogP contribution in [0.25, 0.3) is 0 Å². The van der Waals surface area contributed by atoms with Crippen molar-refractivity contribution in [2.75, 3.05) is 19.7 Å². The smallest absolute Gasteiger partial charge is 0.410 e. The first-order chi connectivity index (χ1) is 8.69. The van der Waals surface area contributed by atoms with Crippen LogP contribution < -0.4 is 5.73 Å². The second kappa shape index (κ2) is 6.57. The lowest BCUT2D eigenvalue weighted by Gasteiger charge is -2.37. The van der Waals surface area contributed by atoms with Crippen molar-refractivity contribution >= 4 is 6.09 Å². The predicted octanol–water partition coefficient (Wildman–Crippen LogP) is 2.00. The van der Waals surface area contributed by atoms with Gasteiger partial charge in [-0.05, 0) is 33.1 Å². The molecule has 0 spiro atoms. The lowest BCUT2D eigenvalue weighted by Crippen LogP contribution is -2.54. The minimum absolute atomic E-state index is 0.00237. The fraction of sp³-hybridized carbons (Fsp3) is 0.929. The molecule has 0 aliphatic carbocycles. The van der Waals surface area contributed by atoms with E-state index >= 15 is 0 Å². The Morgan fingerprint density at radius 3 is 2.58 bits per heavy atom. The molecule has 0 radical (unpaired) electrons. The minimum Gasteiger partial charge on any atom is -0.444 e. The van der Waals surface area contributed by atoms with Crippen molar-refractivity contribution in [1.82, 2.24) is 4.90 Å². The molecular weight excluding hydrogens is 244 g/mol. The minimum atomic E-state index is -0.467. The Hall–Kier alpha value is -0.810. The molecule has 5 nitrogen and oxygen atoms in total. The van der Waals surface area contributed by atoms with Gasteiger partial charge >= 0.3 is 6.09 Å². The number of likely N-dealkylation sites (tertiary alicyclic amines) is 1. The lowest BCUT2D eigenvalue weighted by atomic mass is 10.0. The Morgan fingerprint density at radius 2 is 2.05 bits per heavy atom. The summed E-state index contributed by atoms with van der Waals surface area (Å²) >= 11 is 0. The highest BCUT2D eigenvalue weighted by atomic mass is 16.6. The molecule has 0 aromatic rings. The molecule has 2 N–H and O–H groups in total. The SMILES string of the molecule is CC(C)COC1CN(C(=O)OC(C)(C)C)CCC1N. The van der Waals surface area contributed by atoms with E-state index in [9.17, 15) is 4.79 Å². The van der Waals surface area contributed by atoms with E-state index in [1.807, 2.05) is 20.8 Å². The van der Waals surface area contributed by atoms with Crippen molar-refractivity contribution in [1.29, 1.82) is 0 Å². The van der Waals surface area contributed by atoms with Crippen LogP contribution in [0.1, 0.15) is 41.0 Å². The molecule has 0 saturated carbocycles. The van der Waals surface area contributed by atoms with E-state index < -0.39 is 5.60 Å². The molecule has 112 valence electrons. The largest absolute Gasteiger partial charge is 0.444 e. The summed E-state index contributed by atoms with van der Waals surface area (Å²) in [5.74, 6) is 0.462. The Bertz CT molecular complexity index is 300. The molecule has 1 aliphatic rings. The van der Waals surface area contributed by atoms with E-state index in [1.54, 1.807) is 4.90 Å².